The first-order valence-electron chi connectivity index (χ1n) is 6.29. The molecule has 2 aromatic heterocycles. The van der Waals surface area contributed by atoms with Crippen LogP contribution in [0.3, 0.4) is 0 Å². The van der Waals surface area contributed by atoms with Crippen LogP contribution in [-0.2, 0) is 12.8 Å². The van der Waals surface area contributed by atoms with Crippen LogP contribution >= 0.6 is 0 Å². The van der Waals surface area contributed by atoms with Gasteiger partial charge in [-0.2, -0.15) is 0 Å². The van der Waals surface area contributed by atoms with Crippen molar-refractivity contribution in [2.75, 3.05) is 0 Å². The van der Waals surface area contributed by atoms with E-state index in [-0.39, 0.29) is 0 Å². The summed E-state index contributed by atoms with van der Waals surface area (Å²) in [7, 11) is 0. The van der Waals surface area contributed by atoms with Crippen LogP contribution in [0.4, 0.5) is 0 Å². The SMILES string of the molecule is Cc1cc2c(CCc3ccccc3)nccn2c1. The van der Waals surface area contributed by atoms with E-state index in [1.165, 1.54) is 22.3 Å². The average Bonchev–Trinajstić information content (AvgIpc) is 2.78. The second-order valence-corrected chi connectivity index (χ2v) is 4.67. The number of benzene rings is 1. The Hall–Kier alpha value is -2.09. The summed E-state index contributed by atoms with van der Waals surface area (Å²) in [5.41, 5.74) is 5.05. The topological polar surface area (TPSA) is 17.3 Å². The standard InChI is InChI=1S/C16H16N2/c1-13-11-16-15(17-9-10-18(16)12-13)8-7-14-5-3-2-4-6-14/h2-6,9-12H,7-8H2,1H3. The molecule has 0 radical (unpaired) electrons. The molecule has 18 heavy (non-hydrogen) atoms. The molecule has 0 amide bonds. The molecule has 0 bridgehead atoms. The van der Waals surface area contributed by atoms with Crippen molar-refractivity contribution in [1.82, 2.24) is 9.38 Å². The lowest BCUT2D eigenvalue weighted by Crippen LogP contribution is -1.97. The molecule has 0 aliphatic heterocycles. The molecule has 0 aliphatic carbocycles. The molecule has 3 rings (SSSR count). The number of rotatable bonds is 3. The van der Waals surface area contributed by atoms with Gasteiger partial charge in [0.1, 0.15) is 0 Å². The Morgan fingerprint density at radius 3 is 2.78 bits per heavy atom. The fraction of sp³-hybridized carbons (Fsp3) is 0.188. The molecule has 90 valence electrons. The predicted molar refractivity (Wildman–Crippen MR) is 73.8 cm³/mol. The van der Waals surface area contributed by atoms with Crippen molar-refractivity contribution in [3.8, 4) is 0 Å². The number of aromatic nitrogens is 2. The number of hydrogen-bond acceptors (Lipinski definition) is 1. The number of fused-ring (bicyclic) bond motifs is 1. The predicted octanol–water partition coefficient (Wildman–Crippen LogP) is 3.43. The van der Waals surface area contributed by atoms with Gasteiger partial charge in [-0.05, 0) is 37.0 Å². The lowest BCUT2D eigenvalue weighted by Gasteiger charge is -2.04. The molecule has 0 aliphatic rings. The maximum absolute atomic E-state index is 4.51. The Morgan fingerprint density at radius 2 is 1.94 bits per heavy atom. The first kappa shape index (κ1) is 11.0. The van der Waals surface area contributed by atoms with E-state index < -0.39 is 0 Å². The van der Waals surface area contributed by atoms with Gasteiger partial charge in [-0.25, -0.2) is 0 Å². The van der Waals surface area contributed by atoms with Crippen molar-refractivity contribution >= 4 is 5.52 Å². The van der Waals surface area contributed by atoms with Gasteiger partial charge >= 0.3 is 0 Å². The Kier molecular flexibility index (Phi) is 2.85. The fourth-order valence-electron chi connectivity index (χ4n) is 2.33. The van der Waals surface area contributed by atoms with Gasteiger partial charge in [0.15, 0.2) is 0 Å². The smallest absolute Gasteiger partial charge is 0.0669 e. The molecule has 2 heterocycles. The Labute approximate surface area is 107 Å². The van der Waals surface area contributed by atoms with Crippen molar-refractivity contribution in [3.05, 3.63) is 71.8 Å². The van der Waals surface area contributed by atoms with E-state index in [9.17, 15) is 0 Å². The van der Waals surface area contributed by atoms with Gasteiger partial charge in [-0.15, -0.1) is 0 Å². The summed E-state index contributed by atoms with van der Waals surface area (Å²) in [5.74, 6) is 0. The summed E-state index contributed by atoms with van der Waals surface area (Å²) in [6, 6.07) is 12.8. The van der Waals surface area contributed by atoms with Crippen LogP contribution in [0, 0.1) is 6.92 Å². The molecule has 0 saturated carbocycles. The third kappa shape index (κ3) is 2.14. The van der Waals surface area contributed by atoms with Gasteiger partial charge in [-0.1, -0.05) is 30.3 Å². The highest BCUT2D eigenvalue weighted by molar-refractivity contribution is 5.54. The summed E-state index contributed by atoms with van der Waals surface area (Å²) in [5, 5.41) is 0. The molecule has 0 spiro atoms. The van der Waals surface area contributed by atoms with Crippen molar-refractivity contribution in [2.24, 2.45) is 0 Å². The second-order valence-electron chi connectivity index (χ2n) is 4.67. The lowest BCUT2D eigenvalue weighted by atomic mass is 10.1. The largest absolute Gasteiger partial charge is 0.320 e. The Morgan fingerprint density at radius 1 is 1.11 bits per heavy atom. The number of nitrogens with zero attached hydrogens (tertiary/aromatic N) is 2. The van der Waals surface area contributed by atoms with Crippen molar-refractivity contribution < 1.29 is 0 Å². The second kappa shape index (κ2) is 4.65. The van der Waals surface area contributed by atoms with Gasteiger partial charge in [0.25, 0.3) is 0 Å². The molecule has 0 unspecified atom stereocenters. The van der Waals surface area contributed by atoms with Crippen LogP contribution in [0.25, 0.3) is 5.52 Å². The van der Waals surface area contributed by atoms with Crippen LogP contribution in [0.2, 0.25) is 0 Å². The minimum atomic E-state index is 0.984. The first-order chi connectivity index (χ1) is 8.83. The third-order valence-electron chi connectivity index (χ3n) is 3.23. The van der Waals surface area contributed by atoms with E-state index in [1.54, 1.807) is 0 Å². The quantitative estimate of drug-likeness (QED) is 0.681. The van der Waals surface area contributed by atoms with E-state index in [1.807, 2.05) is 12.4 Å². The van der Waals surface area contributed by atoms with Crippen LogP contribution in [-0.4, -0.2) is 9.38 Å². The van der Waals surface area contributed by atoms with Crippen LogP contribution in [0.1, 0.15) is 16.8 Å². The summed E-state index contributed by atoms with van der Waals surface area (Å²) >= 11 is 0. The van der Waals surface area contributed by atoms with Gasteiger partial charge in [0.2, 0.25) is 0 Å². The summed E-state index contributed by atoms with van der Waals surface area (Å²) in [4.78, 5) is 4.51. The van der Waals surface area contributed by atoms with Gasteiger partial charge in [-0.3, -0.25) is 4.98 Å². The van der Waals surface area contributed by atoms with Crippen molar-refractivity contribution in [2.45, 2.75) is 19.8 Å². The average molecular weight is 236 g/mol. The normalized spacial score (nSPS) is 10.9. The molecule has 0 atom stereocenters. The molecule has 1 aromatic carbocycles. The van der Waals surface area contributed by atoms with Crippen LogP contribution in [0.5, 0.6) is 0 Å². The zero-order valence-corrected chi connectivity index (χ0v) is 10.5. The van der Waals surface area contributed by atoms with E-state index >= 15 is 0 Å². The van der Waals surface area contributed by atoms with Crippen molar-refractivity contribution in [3.63, 3.8) is 0 Å². The monoisotopic (exact) mass is 236 g/mol. The fourth-order valence-corrected chi connectivity index (χ4v) is 2.33. The Bertz CT molecular complexity index is 653. The van der Waals surface area contributed by atoms with E-state index in [0.717, 1.165) is 12.8 Å². The van der Waals surface area contributed by atoms with Crippen LogP contribution < -0.4 is 0 Å². The summed E-state index contributed by atoms with van der Waals surface area (Å²) in [6.45, 7) is 2.12. The Balaban J connectivity index is 1.86. The highest BCUT2D eigenvalue weighted by Crippen LogP contribution is 2.14. The molecular formula is C16H16N2. The molecule has 2 nitrogen and oxygen atoms in total. The summed E-state index contributed by atoms with van der Waals surface area (Å²) in [6.07, 6.45) is 8.06. The minimum absolute atomic E-state index is 0.984. The van der Waals surface area contributed by atoms with Gasteiger partial charge < -0.3 is 4.40 Å². The number of hydrogen-bond donors (Lipinski definition) is 0. The zero-order chi connectivity index (χ0) is 12.4. The van der Waals surface area contributed by atoms with E-state index in [0.29, 0.717) is 0 Å². The molecule has 3 aromatic rings. The maximum atomic E-state index is 4.51. The molecule has 0 fully saturated rings. The van der Waals surface area contributed by atoms with Crippen molar-refractivity contribution in [1.29, 1.82) is 0 Å². The highest BCUT2D eigenvalue weighted by Gasteiger charge is 2.04. The number of aryl methyl sites for hydroxylation is 3. The lowest BCUT2D eigenvalue weighted by molar-refractivity contribution is 0.907. The molecular weight excluding hydrogens is 220 g/mol. The maximum Gasteiger partial charge on any atom is 0.0669 e. The first-order valence-corrected chi connectivity index (χ1v) is 6.29. The van der Waals surface area contributed by atoms with Gasteiger partial charge in [0, 0.05) is 18.6 Å². The minimum Gasteiger partial charge on any atom is -0.320 e. The van der Waals surface area contributed by atoms with E-state index in [4.69, 9.17) is 0 Å². The van der Waals surface area contributed by atoms with Crippen LogP contribution in [0.15, 0.2) is 55.0 Å². The highest BCUT2D eigenvalue weighted by atomic mass is 14.9. The summed E-state index contributed by atoms with van der Waals surface area (Å²) < 4.78 is 2.16. The zero-order valence-electron chi connectivity index (χ0n) is 10.5. The molecule has 0 saturated heterocycles. The van der Waals surface area contributed by atoms with E-state index in [2.05, 4.69) is 58.9 Å². The third-order valence-corrected chi connectivity index (χ3v) is 3.23. The molecule has 2 heteroatoms. The van der Waals surface area contributed by atoms with Gasteiger partial charge in [0.05, 0.1) is 11.2 Å². The molecule has 0 N–H and O–H groups in total.